The molecular weight excluding hydrogens is 244 g/mol. The summed E-state index contributed by atoms with van der Waals surface area (Å²) < 4.78 is 68.3. The molecule has 0 aliphatic rings. The predicted molar refractivity (Wildman–Crippen MR) is 43.1 cm³/mol. The van der Waals surface area contributed by atoms with Crippen LogP contribution in [0.2, 0.25) is 0 Å². The molecule has 0 fully saturated rings. The maximum absolute atomic E-state index is 12.1. The van der Waals surface area contributed by atoms with Crippen molar-refractivity contribution in [2.75, 3.05) is 0 Å². The zero-order valence-electron chi connectivity index (χ0n) is 6.51. The number of alkyl halides is 3. The lowest BCUT2D eigenvalue weighted by Crippen LogP contribution is -2.00. The Morgan fingerprint density at radius 3 is 2.21 bits per heavy atom. The Hall–Kier alpha value is -0.630. The fourth-order valence-corrected chi connectivity index (χ4v) is 2.54. The lowest BCUT2D eigenvalue weighted by molar-refractivity contribution is -0.134. The van der Waals surface area contributed by atoms with Gasteiger partial charge in [0.1, 0.15) is 10.6 Å². The molecule has 0 unspecified atom stereocenters. The van der Waals surface area contributed by atoms with Crippen molar-refractivity contribution in [2.24, 2.45) is 0 Å². The Balaban J connectivity index is 2.90. The van der Waals surface area contributed by atoms with Gasteiger partial charge in [0.2, 0.25) is 0 Å². The van der Waals surface area contributed by atoms with Crippen molar-refractivity contribution in [2.45, 2.75) is 11.9 Å². The van der Waals surface area contributed by atoms with Crippen LogP contribution in [-0.4, -0.2) is 8.42 Å². The van der Waals surface area contributed by atoms with Gasteiger partial charge in [-0.3, -0.25) is 0 Å². The summed E-state index contributed by atoms with van der Waals surface area (Å²) in [4.78, 5) is -1.10. The van der Waals surface area contributed by atoms with E-state index >= 15 is 0 Å². The largest absolute Gasteiger partial charge is 0.425 e. The average molecular weight is 248 g/mol. The highest BCUT2D eigenvalue weighted by molar-refractivity contribution is 7.85. The quantitative estimate of drug-likeness (QED) is 0.595. The molecule has 8 heteroatoms. The standard InChI is InChI=1S/C6H4F4O2S2/c7-6(8,9)5-2-1-4(13-5)3-14(10,11)12/h1-2H,3H2. The van der Waals surface area contributed by atoms with Crippen LogP contribution in [0.5, 0.6) is 0 Å². The van der Waals surface area contributed by atoms with Crippen LogP contribution >= 0.6 is 11.3 Å². The zero-order valence-corrected chi connectivity index (χ0v) is 8.14. The van der Waals surface area contributed by atoms with Crippen LogP contribution in [-0.2, 0) is 22.2 Å². The van der Waals surface area contributed by atoms with E-state index in [1.807, 2.05) is 0 Å². The molecule has 1 rings (SSSR count). The van der Waals surface area contributed by atoms with Gasteiger partial charge in [-0.2, -0.15) is 21.6 Å². The summed E-state index contributed by atoms with van der Waals surface area (Å²) in [6.45, 7) is 0. The monoisotopic (exact) mass is 248 g/mol. The molecule has 0 radical (unpaired) electrons. The molecule has 0 saturated carbocycles. The van der Waals surface area contributed by atoms with Crippen molar-refractivity contribution in [3.63, 3.8) is 0 Å². The molecule has 0 amide bonds. The first-order chi connectivity index (χ1) is 6.18. The maximum atomic E-state index is 12.1. The fraction of sp³-hybridized carbons (Fsp3) is 0.333. The third-order valence-electron chi connectivity index (χ3n) is 1.26. The van der Waals surface area contributed by atoms with Crippen LogP contribution in [0.4, 0.5) is 17.1 Å². The first-order valence-electron chi connectivity index (χ1n) is 3.27. The second kappa shape index (κ2) is 3.50. The van der Waals surface area contributed by atoms with Crippen LogP contribution in [0, 0.1) is 0 Å². The highest BCUT2D eigenvalue weighted by atomic mass is 32.3. The second-order valence-electron chi connectivity index (χ2n) is 2.45. The maximum Gasteiger partial charge on any atom is 0.425 e. The first kappa shape index (κ1) is 11.4. The SMILES string of the molecule is O=S(=O)(F)Cc1ccc(C(F)(F)F)s1. The highest BCUT2D eigenvalue weighted by Crippen LogP contribution is 2.35. The third-order valence-corrected chi connectivity index (χ3v) is 3.22. The Kier molecular flexibility index (Phi) is 2.86. The normalized spacial score (nSPS) is 13.1. The van der Waals surface area contributed by atoms with E-state index in [4.69, 9.17) is 0 Å². The van der Waals surface area contributed by atoms with Crippen molar-refractivity contribution in [1.82, 2.24) is 0 Å². The first-order valence-corrected chi connectivity index (χ1v) is 5.63. The summed E-state index contributed by atoms with van der Waals surface area (Å²) in [5.41, 5.74) is 0. The lowest BCUT2D eigenvalue weighted by Gasteiger charge is -2.00. The van der Waals surface area contributed by atoms with Crippen LogP contribution in [0.1, 0.15) is 9.75 Å². The predicted octanol–water partition coefficient (Wildman–Crippen LogP) is 2.57. The summed E-state index contributed by atoms with van der Waals surface area (Å²) in [6, 6.07) is 1.68. The van der Waals surface area contributed by atoms with Crippen LogP contribution < -0.4 is 0 Å². The molecule has 0 aliphatic carbocycles. The van der Waals surface area contributed by atoms with E-state index in [9.17, 15) is 25.5 Å². The lowest BCUT2D eigenvalue weighted by atomic mass is 10.4. The molecule has 0 spiro atoms. The molecule has 0 bridgehead atoms. The number of hydrogen-bond acceptors (Lipinski definition) is 3. The molecule has 0 aliphatic heterocycles. The minimum absolute atomic E-state index is 0.167. The van der Waals surface area contributed by atoms with E-state index in [1.165, 1.54) is 0 Å². The molecule has 0 saturated heterocycles. The Bertz CT molecular complexity index is 417. The van der Waals surface area contributed by atoms with Gasteiger partial charge in [-0.1, -0.05) is 0 Å². The van der Waals surface area contributed by atoms with E-state index in [0.29, 0.717) is 0 Å². The van der Waals surface area contributed by atoms with Gasteiger partial charge in [0.15, 0.2) is 0 Å². The minimum atomic E-state index is -4.77. The van der Waals surface area contributed by atoms with E-state index in [1.54, 1.807) is 0 Å². The molecule has 0 aromatic carbocycles. The summed E-state index contributed by atoms with van der Waals surface area (Å²) in [5.74, 6) is -1.01. The number of hydrogen-bond donors (Lipinski definition) is 0. The molecule has 1 heterocycles. The van der Waals surface area contributed by atoms with Crippen molar-refractivity contribution in [1.29, 1.82) is 0 Å². The van der Waals surface area contributed by atoms with E-state index in [0.717, 1.165) is 12.1 Å². The van der Waals surface area contributed by atoms with Gasteiger partial charge in [0, 0.05) is 4.88 Å². The second-order valence-corrected chi connectivity index (χ2v) is 4.98. The summed E-state index contributed by atoms with van der Waals surface area (Å²) in [5, 5.41) is 0. The molecule has 0 atom stereocenters. The fourth-order valence-electron chi connectivity index (χ4n) is 0.778. The smallest absolute Gasteiger partial charge is 0.194 e. The van der Waals surface area contributed by atoms with Crippen LogP contribution in [0.3, 0.4) is 0 Å². The van der Waals surface area contributed by atoms with E-state index in [2.05, 4.69) is 0 Å². The zero-order chi connectivity index (χ0) is 11.0. The summed E-state index contributed by atoms with van der Waals surface area (Å²) >= 11 is 0.223. The van der Waals surface area contributed by atoms with Crippen molar-refractivity contribution >= 4 is 21.6 Å². The van der Waals surface area contributed by atoms with Gasteiger partial charge in [-0.05, 0) is 12.1 Å². The van der Waals surface area contributed by atoms with Gasteiger partial charge < -0.3 is 0 Å². The van der Waals surface area contributed by atoms with Crippen LogP contribution in [0.15, 0.2) is 12.1 Å². The van der Waals surface area contributed by atoms with E-state index in [-0.39, 0.29) is 16.2 Å². The minimum Gasteiger partial charge on any atom is -0.194 e. The highest BCUT2D eigenvalue weighted by Gasteiger charge is 2.32. The third kappa shape index (κ3) is 3.26. The molecule has 0 N–H and O–H groups in total. The van der Waals surface area contributed by atoms with Crippen LogP contribution in [0.25, 0.3) is 0 Å². The van der Waals surface area contributed by atoms with Gasteiger partial charge in [-0.15, -0.1) is 15.2 Å². The van der Waals surface area contributed by atoms with Gasteiger partial charge in [-0.25, -0.2) is 0 Å². The molecule has 2 nitrogen and oxygen atoms in total. The Morgan fingerprint density at radius 2 is 1.86 bits per heavy atom. The number of rotatable bonds is 2. The van der Waals surface area contributed by atoms with Gasteiger partial charge in [0.05, 0.1) is 0 Å². The molecule has 1 aromatic heterocycles. The summed E-state index contributed by atoms with van der Waals surface area (Å²) in [6.07, 6.45) is -4.51. The number of thiophene rings is 1. The van der Waals surface area contributed by atoms with Crippen molar-refractivity contribution < 1.29 is 25.5 Å². The molecule has 80 valence electrons. The Morgan fingerprint density at radius 1 is 1.29 bits per heavy atom. The summed E-state index contributed by atoms with van der Waals surface area (Å²) in [7, 11) is -4.77. The van der Waals surface area contributed by atoms with Gasteiger partial charge in [0.25, 0.3) is 0 Å². The Labute approximate surface area is 81.4 Å². The van der Waals surface area contributed by atoms with E-state index < -0.39 is 27.0 Å². The number of halogens is 4. The van der Waals surface area contributed by atoms with Crippen molar-refractivity contribution in [3.8, 4) is 0 Å². The van der Waals surface area contributed by atoms with Crippen molar-refractivity contribution in [3.05, 3.63) is 21.9 Å². The van der Waals surface area contributed by atoms with Gasteiger partial charge >= 0.3 is 16.4 Å². The topological polar surface area (TPSA) is 34.1 Å². The molecule has 14 heavy (non-hydrogen) atoms. The average Bonchev–Trinajstić information content (AvgIpc) is 2.29. The molecule has 1 aromatic rings. The molecular formula is C6H4F4O2S2.